The first-order valence-electron chi connectivity index (χ1n) is 6.07. The number of methoxy groups -OCH3 is 1. The minimum atomic E-state index is -0.323. The highest BCUT2D eigenvalue weighted by Gasteiger charge is 2.25. The van der Waals surface area contributed by atoms with E-state index in [4.69, 9.17) is 0 Å². The Hall–Kier alpha value is -1.89. The predicted octanol–water partition coefficient (Wildman–Crippen LogP) is 1.46. The quantitative estimate of drug-likeness (QED) is 0.861. The minimum Gasteiger partial charge on any atom is -0.469 e. The number of carbonyl (C=O) groups excluding carboxylic acids is 1. The summed E-state index contributed by atoms with van der Waals surface area (Å²) in [5.41, 5.74) is 0. The first-order valence-corrected chi connectivity index (χ1v) is 6.95. The number of thiophene rings is 1. The van der Waals surface area contributed by atoms with Crippen LogP contribution < -0.4 is 5.32 Å². The fraction of sp³-hybridized carbons (Fsp3) is 0.417. The van der Waals surface area contributed by atoms with Gasteiger partial charge < -0.3 is 10.1 Å². The number of hydrogen-bond acceptors (Lipinski definition) is 6. The largest absolute Gasteiger partial charge is 0.469 e. The second-order valence-corrected chi connectivity index (χ2v) is 5.28. The Morgan fingerprint density at radius 2 is 2.58 bits per heavy atom. The maximum Gasteiger partial charge on any atom is 0.313 e. The van der Waals surface area contributed by atoms with E-state index in [1.807, 2.05) is 10.7 Å². The van der Waals surface area contributed by atoms with E-state index in [0.29, 0.717) is 5.82 Å². The Kier molecular flexibility index (Phi) is 3.20. The maximum absolute atomic E-state index is 11.3. The van der Waals surface area contributed by atoms with Gasteiger partial charge in [-0.15, -0.1) is 11.3 Å². The van der Waals surface area contributed by atoms with Gasteiger partial charge in [0.05, 0.1) is 13.2 Å². The molecule has 1 aliphatic rings. The number of hydrogen-bond donors (Lipinski definition) is 1. The molecule has 1 N–H and O–H groups in total. The Bertz CT molecular complexity index is 579. The van der Waals surface area contributed by atoms with Crippen LogP contribution in [0.5, 0.6) is 0 Å². The number of ether oxygens (including phenoxy) is 1. The normalized spacial score (nSPS) is 17.6. The molecule has 0 aromatic carbocycles. The van der Waals surface area contributed by atoms with Gasteiger partial charge in [-0.05, 0) is 17.9 Å². The molecule has 3 rings (SSSR count). The van der Waals surface area contributed by atoms with Crippen molar-refractivity contribution >= 4 is 23.3 Å². The van der Waals surface area contributed by atoms with Gasteiger partial charge in [0.25, 0.3) is 0 Å². The molecule has 19 heavy (non-hydrogen) atoms. The third-order valence-electron chi connectivity index (χ3n) is 3.07. The van der Waals surface area contributed by atoms with E-state index in [0.717, 1.165) is 18.9 Å². The molecule has 1 atom stereocenters. The van der Waals surface area contributed by atoms with Crippen LogP contribution in [0.15, 0.2) is 17.5 Å². The zero-order chi connectivity index (χ0) is 13.2. The summed E-state index contributed by atoms with van der Waals surface area (Å²) in [4.78, 5) is 16.9. The minimum absolute atomic E-state index is 0.106. The molecule has 1 aliphatic heterocycles. The molecule has 100 valence electrons. The van der Waals surface area contributed by atoms with Crippen molar-refractivity contribution in [3.05, 3.63) is 28.2 Å². The molecule has 0 aliphatic carbocycles. The Morgan fingerprint density at radius 1 is 1.68 bits per heavy atom. The van der Waals surface area contributed by atoms with Gasteiger partial charge in [0.1, 0.15) is 6.42 Å². The van der Waals surface area contributed by atoms with Gasteiger partial charge in [0.2, 0.25) is 5.95 Å². The van der Waals surface area contributed by atoms with Crippen LogP contribution >= 0.6 is 11.3 Å². The third-order valence-corrected chi connectivity index (χ3v) is 4.05. The number of fused-ring (bicyclic) bond motifs is 1. The summed E-state index contributed by atoms with van der Waals surface area (Å²) in [5.74, 6) is 0.900. The number of nitrogens with zero attached hydrogens (tertiary/aromatic N) is 3. The Labute approximate surface area is 114 Å². The number of anilines is 1. The van der Waals surface area contributed by atoms with Crippen molar-refractivity contribution in [2.75, 3.05) is 19.0 Å². The number of rotatable bonds is 3. The molecule has 0 saturated carbocycles. The number of nitrogens with one attached hydrogen (secondary N) is 1. The van der Waals surface area contributed by atoms with Crippen LogP contribution in [0.1, 0.15) is 23.2 Å². The van der Waals surface area contributed by atoms with E-state index < -0.39 is 0 Å². The molecule has 1 unspecified atom stereocenters. The van der Waals surface area contributed by atoms with E-state index in [9.17, 15) is 4.79 Å². The highest BCUT2D eigenvalue weighted by Crippen LogP contribution is 2.30. The average Bonchev–Trinajstić information content (AvgIpc) is 3.06. The lowest BCUT2D eigenvalue weighted by Crippen LogP contribution is -2.24. The second kappa shape index (κ2) is 5.00. The lowest BCUT2D eigenvalue weighted by molar-refractivity contribution is -0.139. The lowest BCUT2D eigenvalue weighted by atomic mass is 10.1. The van der Waals surface area contributed by atoms with Gasteiger partial charge in [-0.2, -0.15) is 10.1 Å². The topological polar surface area (TPSA) is 69.0 Å². The summed E-state index contributed by atoms with van der Waals surface area (Å²) >= 11 is 1.71. The zero-order valence-electron chi connectivity index (χ0n) is 10.5. The zero-order valence-corrected chi connectivity index (χ0v) is 11.3. The van der Waals surface area contributed by atoms with Crippen molar-refractivity contribution in [3.8, 4) is 0 Å². The summed E-state index contributed by atoms with van der Waals surface area (Å²) in [6.45, 7) is 0.860. The van der Waals surface area contributed by atoms with Crippen LogP contribution in [0.2, 0.25) is 0 Å². The summed E-state index contributed by atoms with van der Waals surface area (Å²) in [5, 5.41) is 9.69. The van der Waals surface area contributed by atoms with Crippen LogP contribution in [0.3, 0.4) is 0 Å². The smallest absolute Gasteiger partial charge is 0.313 e. The Morgan fingerprint density at radius 3 is 3.32 bits per heavy atom. The average molecular weight is 278 g/mol. The van der Waals surface area contributed by atoms with Gasteiger partial charge in [-0.1, -0.05) is 6.07 Å². The molecule has 7 heteroatoms. The highest BCUT2D eigenvalue weighted by atomic mass is 32.1. The molecule has 0 saturated heterocycles. The monoisotopic (exact) mass is 278 g/mol. The number of carbonyl (C=O) groups is 1. The van der Waals surface area contributed by atoms with E-state index in [2.05, 4.69) is 31.6 Å². The lowest BCUT2D eigenvalue weighted by Gasteiger charge is -2.23. The van der Waals surface area contributed by atoms with Crippen molar-refractivity contribution in [2.24, 2.45) is 0 Å². The van der Waals surface area contributed by atoms with Crippen LogP contribution in [-0.4, -0.2) is 34.4 Å². The van der Waals surface area contributed by atoms with Crippen LogP contribution in [0, 0.1) is 0 Å². The van der Waals surface area contributed by atoms with E-state index in [-0.39, 0.29) is 18.4 Å². The predicted molar refractivity (Wildman–Crippen MR) is 71.3 cm³/mol. The first-order chi connectivity index (χ1) is 9.28. The van der Waals surface area contributed by atoms with Crippen molar-refractivity contribution in [1.82, 2.24) is 14.8 Å². The van der Waals surface area contributed by atoms with Crippen LogP contribution in [-0.2, 0) is 16.0 Å². The fourth-order valence-electron chi connectivity index (χ4n) is 2.17. The molecular formula is C12H14N4O2S. The van der Waals surface area contributed by atoms with Crippen molar-refractivity contribution < 1.29 is 9.53 Å². The number of aromatic nitrogens is 3. The SMILES string of the molecule is COC(=O)Cc1nc2n(n1)C(c1cccs1)CCN2. The summed E-state index contributed by atoms with van der Waals surface area (Å²) in [7, 11) is 1.37. The molecular weight excluding hydrogens is 264 g/mol. The standard InChI is InChI=1S/C12H14N4O2S/c1-18-11(17)7-10-14-12-13-5-4-8(16(12)15-10)9-3-2-6-19-9/h2-3,6,8H,4-5,7H2,1H3,(H,13,14,15). The molecule has 0 fully saturated rings. The summed E-state index contributed by atoms with van der Waals surface area (Å²) < 4.78 is 6.51. The van der Waals surface area contributed by atoms with Gasteiger partial charge in [-0.25, -0.2) is 4.68 Å². The van der Waals surface area contributed by atoms with E-state index in [1.54, 1.807) is 11.3 Å². The van der Waals surface area contributed by atoms with Gasteiger partial charge in [0.15, 0.2) is 5.82 Å². The number of esters is 1. The van der Waals surface area contributed by atoms with Gasteiger partial charge >= 0.3 is 5.97 Å². The summed E-state index contributed by atoms with van der Waals surface area (Å²) in [6, 6.07) is 4.34. The molecule has 0 radical (unpaired) electrons. The molecule has 2 aromatic heterocycles. The van der Waals surface area contributed by atoms with Crippen LogP contribution in [0.4, 0.5) is 5.95 Å². The van der Waals surface area contributed by atoms with Crippen LogP contribution in [0.25, 0.3) is 0 Å². The fourth-order valence-corrected chi connectivity index (χ4v) is 3.01. The van der Waals surface area contributed by atoms with Crippen molar-refractivity contribution in [3.63, 3.8) is 0 Å². The van der Waals surface area contributed by atoms with Crippen molar-refractivity contribution in [2.45, 2.75) is 18.9 Å². The van der Waals surface area contributed by atoms with Crippen molar-refractivity contribution in [1.29, 1.82) is 0 Å². The van der Waals surface area contributed by atoms with E-state index >= 15 is 0 Å². The van der Waals surface area contributed by atoms with Gasteiger partial charge in [0, 0.05) is 11.4 Å². The molecule has 3 heterocycles. The van der Waals surface area contributed by atoms with E-state index in [1.165, 1.54) is 12.0 Å². The molecule has 2 aromatic rings. The molecule has 6 nitrogen and oxygen atoms in total. The third kappa shape index (κ3) is 2.33. The summed E-state index contributed by atoms with van der Waals surface area (Å²) in [6.07, 6.45) is 1.07. The molecule has 0 amide bonds. The molecule has 0 bridgehead atoms. The molecule has 0 spiro atoms. The highest BCUT2D eigenvalue weighted by molar-refractivity contribution is 7.10. The van der Waals surface area contributed by atoms with Gasteiger partial charge in [-0.3, -0.25) is 4.79 Å². The Balaban J connectivity index is 1.90. The maximum atomic E-state index is 11.3. The first kappa shape index (κ1) is 12.2. The second-order valence-electron chi connectivity index (χ2n) is 4.30.